The molecule has 0 atom stereocenters. The highest BCUT2D eigenvalue weighted by molar-refractivity contribution is 5.93. The average Bonchev–Trinajstić information content (AvgIpc) is 2.54. The number of carbonyl (C=O) groups excluding carboxylic acids is 2. The van der Waals surface area contributed by atoms with Gasteiger partial charge in [0.2, 0.25) is 0 Å². The minimum absolute atomic E-state index is 0.0190. The van der Waals surface area contributed by atoms with Crippen LogP contribution in [-0.2, 0) is 19.1 Å². The Morgan fingerprint density at radius 2 is 1.36 bits per heavy atom. The van der Waals surface area contributed by atoms with Gasteiger partial charge in [0.1, 0.15) is 12.2 Å². The highest BCUT2D eigenvalue weighted by Gasteiger charge is 2.23. The van der Waals surface area contributed by atoms with Crippen LogP contribution < -0.4 is 0 Å². The van der Waals surface area contributed by atoms with E-state index in [2.05, 4.69) is 0 Å². The zero-order valence-electron chi connectivity index (χ0n) is 13.6. The van der Waals surface area contributed by atoms with E-state index in [9.17, 15) is 9.59 Å². The van der Waals surface area contributed by atoms with Gasteiger partial charge in [0, 0.05) is 5.57 Å². The summed E-state index contributed by atoms with van der Waals surface area (Å²) in [5.74, 6) is -0.657. The molecular formula is C18H28O4. The number of carbonyl (C=O) groups is 2. The lowest BCUT2D eigenvalue weighted by molar-refractivity contribution is -0.153. The highest BCUT2D eigenvalue weighted by Crippen LogP contribution is 2.23. The molecule has 2 aliphatic carbocycles. The topological polar surface area (TPSA) is 52.6 Å². The van der Waals surface area contributed by atoms with Gasteiger partial charge in [-0.15, -0.1) is 0 Å². The summed E-state index contributed by atoms with van der Waals surface area (Å²) in [4.78, 5) is 24.2. The Kier molecular flexibility index (Phi) is 6.94. The Hall–Kier alpha value is -1.32. The second-order valence-corrected chi connectivity index (χ2v) is 6.41. The minimum atomic E-state index is -0.352. The number of hydrogen-bond acceptors (Lipinski definition) is 4. The largest absolute Gasteiger partial charge is 0.462 e. The molecular weight excluding hydrogens is 280 g/mol. The molecule has 0 unspecified atom stereocenters. The van der Waals surface area contributed by atoms with Crippen LogP contribution in [0.5, 0.6) is 0 Å². The first kappa shape index (κ1) is 17.0. The Balaban J connectivity index is 1.77. The van der Waals surface area contributed by atoms with E-state index in [0.717, 1.165) is 51.4 Å². The fourth-order valence-electron chi connectivity index (χ4n) is 3.27. The highest BCUT2D eigenvalue weighted by atomic mass is 16.6. The third-order valence-electron chi connectivity index (χ3n) is 4.62. The van der Waals surface area contributed by atoms with Crippen molar-refractivity contribution in [3.8, 4) is 0 Å². The monoisotopic (exact) mass is 308 g/mol. The van der Waals surface area contributed by atoms with E-state index in [1.54, 1.807) is 13.0 Å². The maximum Gasteiger partial charge on any atom is 0.334 e. The number of rotatable bonds is 5. The van der Waals surface area contributed by atoms with Crippen LogP contribution in [0, 0.1) is 0 Å². The Morgan fingerprint density at radius 3 is 1.86 bits per heavy atom. The molecule has 0 saturated heterocycles. The van der Waals surface area contributed by atoms with E-state index < -0.39 is 0 Å². The Labute approximate surface area is 133 Å². The summed E-state index contributed by atoms with van der Waals surface area (Å²) in [5, 5.41) is 0. The molecule has 0 spiro atoms. The molecule has 0 aliphatic heterocycles. The van der Waals surface area contributed by atoms with Crippen LogP contribution in [0.25, 0.3) is 0 Å². The van der Waals surface area contributed by atoms with Crippen molar-refractivity contribution in [1.29, 1.82) is 0 Å². The van der Waals surface area contributed by atoms with Gasteiger partial charge in [-0.2, -0.15) is 0 Å². The quantitative estimate of drug-likeness (QED) is 0.567. The van der Waals surface area contributed by atoms with Crippen molar-refractivity contribution in [2.45, 2.75) is 89.8 Å². The lowest BCUT2D eigenvalue weighted by Crippen LogP contribution is -2.25. The zero-order valence-corrected chi connectivity index (χ0v) is 13.6. The SMILES string of the molecule is CC=C(CC(=O)OC1CCCCC1)C(=O)OC1CCCCC1. The summed E-state index contributed by atoms with van der Waals surface area (Å²) in [6.07, 6.45) is 12.5. The molecule has 124 valence electrons. The second-order valence-electron chi connectivity index (χ2n) is 6.41. The summed E-state index contributed by atoms with van der Waals surface area (Å²) in [7, 11) is 0. The summed E-state index contributed by atoms with van der Waals surface area (Å²) in [6, 6.07) is 0. The maximum absolute atomic E-state index is 12.2. The molecule has 2 fully saturated rings. The Morgan fingerprint density at radius 1 is 0.864 bits per heavy atom. The van der Waals surface area contributed by atoms with Gasteiger partial charge >= 0.3 is 11.9 Å². The Bertz CT molecular complexity index is 401. The summed E-state index contributed by atoms with van der Waals surface area (Å²) in [5.41, 5.74) is 0.423. The number of esters is 2. The second kappa shape index (κ2) is 8.96. The molecule has 4 heteroatoms. The van der Waals surface area contributed by atoms with Crippen molar-refractivity contribution in [1.82, 2.24) is 0 Å². The molecule has 0 amide bonds. The van der Waals surface area contributed by atoms with Crippen molar-refractivity contribution >= 4 is 11.9 Å². The van der Waals surface area contributed by atoms with Crippen molar-refractivity contribution in [3.05, 3.63) is 11.6 Å². The van der Waals surface area contributed by atoms with Gasteiger partial charge in [-0.05, 0) is 58.3 Å². The predicted octanol–water partition coefficient (Wildman–Crippen LogP) is 4.07. The molecule has 2 aliphatic rings. The van der Waals surface area contributed by atoms with E-state index in [-0.39, 0.29) is 30.6 Å². The van der Waals surface area contributed by atoms with Crippen LogP contribution in [0.1, 0.15) is 77.6 Å². The van der Waals surface area contributed by atoms with Crippen LogP contribution >= 0.6 is 0 Å². The van der Waals surface area contributed by atoms with Crippen LogP contribution in [0.3, 0.4) is 0 Å². The molecule has 0 aromatic heterocycles. The third-order valence-corrected chi connectivity index (χ3v) is 4.62. The van der Waals surface area contributed by atoms with Gasteiger partial charge in [0.25, 0.3) is 0 Å². The normalized spacial score (nSPS) is 21.4. The van der Waals surface area contributed by atoms with E-state index in [4.69, 9.17) is 9.47 Å². The van der Waals surface area contributed by atoms with Gasteiger partial charge in [-0.1, -0.05) is 18.9 Å². The summed E-state index contributed by atoms with van der Waals surface area (Å²) in [6.45, 7) is 1.77. The molecule has 0 heterocycles. The summed E-state index contributed by atoms with van der Waals surface area (Å²) < 4.78 is 11.0. The number of allylic oxidation sites excluding steroid dienone is 1. The third kappa shape index (κ3) is 5.47. The predicted molar refractivity (Wildman–Crippen MR) is 84.3 cm³/mol. The fourth-order valence-corrected chi connectivity index (χ4v) is 3.27. The molecule has 4 nitrogen and oxygen atoms in total. The molecule has 0 bridgehead atoms. The van der Waals surface area contributed by atoms with E-state index in [1.165, 1.54) is 12.8 Å². The van der Waals surface area contributed by atoms with Gasteiger partial charge in [0.15, 0.2) is 0 Å². The van der Waals surface area contributed by atoms with Crippen molar-refractivity contribution in [2.24, 2.45) is 0 Å². The number of ether oxygens (including phenoxy) is 2. The lowest BCUT2D eigenvalue weighted by Gasteiger charge is -2.23. The molecule has 0 aromatic rings. The maximum atomic E-state index is 12.2. The average molecular weight is 308 g/mol. The van der Waals surface area contributed by atoms with Crippen LogP contribution in [0.15, 0.2) is 11.6 Å². The first-order chi connectivity index (χ1) is 10.7. The van der Waals surface area contributed by atoms with Crippen LogP contribution in [0.4, 0.5) is 0 Å². The van der Waals surface area contributed by atoms with E-state index >= 15 is 0 Å². The molecule has 0 radical (unpaired) electrons. The standard InChI is InChI=1S/C18H28O4/c1-2-14(18(20)22-16-11-7-4-8-12-16)13-17(19)21-15-9-5-3-6-10-15/h2,15-16H,3-13H2,1H3. The number of hydrogen-bond donors (Lipinski definition) is 0. The van der Waals surface area contributed by atoms with E-state index in [1.807, 2.05) is 0 Å². The first-order valence-corrected chi connectivity index (χ1v) is 8.74. The molecule has 0 aromatic carbocycles. The lowest BCUT2D eigenvalue weighted by atomic mass is 9.97. The fraction of sp³-hybridized carbons (Fsp3) is 0.778. The van der Waals surface area contributed by atoms with Gasteiger partial charge in [-0.25, -0.2) is 4.79 Å². The van der Waals surface area contributed by atoms with Gasteiger partial charge < -0.3 is 9.47 Å². The smallest absolute Gasteiger partial charge is 0.334 e. The minimum Gasteiger partial charge on any atom is -0.462 e. The van der Waals surface area contributed by atoms with Crippen LogP contribution in [-0.4, -0.2) is 24.1 Å². The molecule has 2 rings (SSSR count). The van der Waals surface area contributed by atoms with Crippen molar-refractivity contribution < 1.29 is 19.1 Å². The van der Waals surface area contributed by atoms with Crippen molar-refractivity contribution in [3.63, 3.8) is 0 Å². The zero-order chi connectivity index (χ0) is 15.8. The van der Waals surface area contributed by atoms with Crippen molar-refractivity contribution in [2.75, 3.05) is 0 Å². The van der Waals surface area contributed by atoms with E-state index in [0.29, 0.717) is 5.57 Å². The van der Waals surface area contributed by atoms with Gasteiger partial charge in [0.05, 0.1) is 6.42 Å². The molecule has 2 saturated carbocycles. The first-order valence-electron chi connectivity index (χ1n) is 8.74. The van der Waals surface area contributed by atoms with Gasteiger partial charge in [-0.3, -0.25) is 4.79 Å². The molecule has 22 heavy (non-hydrogen) atoms. The van der Waals surface area contributed by atoms with Crippen LogP contribution in [0.2, 0.25) is 0 Å². The molecule has 0 N–H and O–H groups in total. The summed E-state index contributed by atoms with van der Waals surface area (Å²) >= 11 is 0.